The number of hydrogen-bond donors (Lipinski definition) is 0. The summed E-state index contributed by atoms with van der Waals surface area (Å²) in [7, 11) is 0. The zero-order valence-electron chi connectivity index (χ0n) is 13.7. The lowest BCUT2D eigenvalue weighted by atomic mass is 9.50. The van der Waals surface area contributed by atoms with Crippen molar-refractivity contribution >= 4 is 0 Å². The molecule has 0 N–H and O–H groups in total. The molecule has 3 aromatic carbocycles. The molecule has 0 heteroatoms. The molecule has 0 fully saturated rings. The van der Waals surface area contributed by atoms with Crippen LogP contribution in [0.5, 0.6) is 0 Å². The van der Waals surface area contributed by atoms with Gasteiger partial charge in [-0.1, -0.05) is 72.8 Å². The van der Waals surface area contributed by atoms with E-state index in [0.717, 1.165) is 11.8 Å². The van der Waals surface area contributed by atoms with Crippen molar-refractivity contribution < 1.29 is 0 Å². The molecule has 0 heterocycles. The highest BCUT2D eigenvalue weighted by Crippen LogP contribution is 2.60. The van der Waals surface area contributed by atoms with Gasteiger partial charge in [-0.15, -0.1) is 0 Å². The second-order valence-electron chi connectivity index (χ2n) is 7.72. The van der Waals surface area contributed by atoms with E-state index in [9.17, 15) is 0 Å². The van der Waals surface area contributed by atoms with Gasteiger partial charge >= 0.3 is 0 Å². The van der Waals surface area contributed by atoms with Crippen LogP contribution in [0.4, 0.5) is 0 Å². The minimum atomic E-state index is 0.584. The lowest BCUT2D eigenvalue weighted by Crippen LogP contribution is -2.43. The first-order valence-corrected chi connectivity index (χ1v) is 9.16. The number of benzene rings is 3. The Bertz CT molecular complexity index is 827. The molecule has 2 unspecified atom stereocenters. The number of fused-ring (bicyclic) bond motifs is 1. The summed E-state index contributed by atoms with van der Waals surface area (Å²) >= 11 is 0. The number of rotatable bonds is 0. The van der Waals surface area contributed by atoms with E-state index in [2.05, 4.69) is 72.8 Å². The van der Waals surface area contributed by atoms with Crippen molar-refractivity contribution in [2.75, 3.05) is 0 Å². The molecular weight excluding hydrogens is 288 g/mol. The van der Waals surface area contributed by atoms with Crippen LogP contribution in [0.2, 0.25) is 0 Å². The van der Waals surface area contributed by atoms with E-state index >= 15 is 0 Å². The Morgan fingerprint density at radius 1 is 0.458 bits per heavy atom. The predicted octanol–water partition coefficient (Wildman–Crippen LogP) is 5.31. The van der Waals surface area contributed by atoms with Gasteiger partial charge in [0.05, 0.1) is 0 Å². The summed E-state index contributed by atoms with van der Waals surface area (Å²) in [5.41, 5.74) is 9.56. The van der Waals surface area contributed by atoms with E-state index in [-0.39, 0.29) is 0 Å². The largest absolute Gasteiger partial charge is 0.0620 e. The maximum absolute atomic E-state index is 2.39. The average Bonchev–Trinajstić information content (AvgIpc) is 2.66. The first-order valence-electron chi connectivity index (χ1n) is 9.16. The second-order valence-corrected chi connectivity index (χ2v) is 7.72. The van der Waals surface area contributed by atoms with Gasteiger partial charge in [-0.2, -0.15) is 0 Å². The highest BCUT2D eigenvalue weighted by Gasteiger charge is 2.50. The van der Waals surface area contributed by atoms with E-state index in [1.54, 1.807) is 33.4 Å². The van der Waals surface area contributed by atoms with E-state index in [0.29, 0.717) is 11.8 Å². The summed E-state index contributed by atoms with van der Waals surface area (Å²) in [6.45, 7) is 0. The molecule has 4 aliphatic rings. The van der Waals surface area contributed by atoms with E-state index in [4.69, 9.17) is 0 Å². The van der Waals surface area contributed by atoms with E-state index in [1.165, 1.54) is 12.8 Å². The molecule has 24 heavy (non-hydrogen) atoms. The first kappa shape index (κ1) is 13.0. The smallest absolute Gasteiger partial charge is 0.0130 e. The minimum Gasteiger partial charge on any atom is -0.0620 e. The van der Waals surface area contributed by atoms with E-state index < -0.39 is 0 Å². The molecule has 4 aliphatic carbocycles. The molecule has 2 atom stereocenters. The molecule has 116 valence electrons. The third-order valence-corrected chi connectivity index (χ3v) is 6.77. The molecule has 0 radical (unpaired) electrons. The van der Waals surface area contributed by atoms with Crippen molar-refractivity contribution in [3.05, 3.63) is 106 Å². The summed E-state index contributed by atoms with van der Waals surface area (Å²) in [5, 5.41) is 0. The van der Waals surface area contributed by atoms with Crippen molar-refractivity contribution in [2.45, 2.75) is 24.7 Å². The number of hydrogen-bond acceptors (Lipinski definition) is 0. The van der Waals surface area contributed by atoms with Crippen molar-refractivity contribution in [1.29, 1.82) is 0 Å². The fourth-order valence-corrected chi connectivity index (χ4v) is 5.91. The second kappa shape index (κ2) is 4.60. The van der Waals surface area contributed by atoms with Gasteiger partial charge in [0.2, 0.25) is 0 Å². The summed E-state index contributed by atoms with van der Waals surface area (Å²) < 4.78 is 0. The molecule has 0 nitrogen and oxygen atoms in total. The SMILES string of the molecule is c1ccc2c(c1)CC1C3c4ccccc4C(c4ccccc43)C1C2. The first-order chi connectivity index (χ1) is 11.9. The van der Waals surface area contributed by atoms with Crippen molar-refractivity contribution in [3.8, 4) is 0 Å². The van der Waals surface area contributed by atoms with Crippen LogP contribution in [-0.4, -0.2) is 0 Å². The molecular formula is C24H20. The summed E-state index contributed by atoms with van der Waals surface area (Å²) in [5.74, 6) is 2.69. The fourth-order valence-electron chi connectivity index (χ4n) is 5.91. The fraction of sp³-hybridized carbons (Fsp3) is 0.250. The van der Waals surface area contributed by atoms with Crippen LogP contribution >= 0.6 is 0 Å². The zero-order valence-corrected chi connectivity index (χ0v) is 13.7. The van der Waals surface area contributed by atoms with Gasteiger partial charge in [0.25, 0.3) is 0 Å². The topological polar surface area (TPSA) is 0 Å². The third kappa shape index (κ3) is 1.54. The quantitative estimate of drug-likeness (QED) is 0.528. The monoisotopic (exact) mass is 308 g/mol. The molecule has 0 amide bonds. The van der Waals surface area contributed by atoms with Gasteiger partial charge in [-0.25, -0.2) is 0 Å². The molecule has 3 aromatic rings. The highest BCUT2D eigenvalue weighted by molar-refractivity contribution is 5.57. The normalized spacial score (nSPS) is 28.5. The highest BCUT2D eigenvalue weighted by atomic mass is 14.5. The Hall–Kier alpha value is -2.34. The molecule has 0 aliphatic heterocycles. The van der Waals surface area contributed by atoms with Crippen LogP contribution in [0.25, 0.3) is 0 Å². The molecule has 7 rings (SSSR count). The predicted molar refractivity (Wildman–Crippen MR) is 97.4 cm³/mol. The van der Waals surface area contributed by atoms with Gasteiger partial charge in [0.1, 0.15) is 0 Å². The standard InChI is InChI=1S/C24H20/c1-2-8-16-14-22-21(13-15(16)7-1)23-17-9-3-5-11-19(17)24(22)20-12-6-4-10-18(20)23/h1-12,21-24H,13-14H2. The van der Waals surface area contributed by atoms with Crippen LogP contribution in [0.3, 0.4) is 0 Å². The van der Waals surface area contributed by atoms with Gasteiger partial charge in [-0.05, 0) is 58.1 Å². The van der Waals surface area contributed by atoms with Gasteiger partial charge < -0.3 is 0 Å². The lowest BCUT2D eigenvalue weighted by molar-refractivity contribution is 0.213. The maximum atomic E-state index is 2.39. The van der Waals surface area contributed by atoms with Crippen molar-refractivity contribution in [3.63, 3.8) is 0 Å². The Morgan fingerprint density at radius 3 is 1.17 bits per heavy atom. The summed E-state index contributed by atoms with van der Waals surface area (Å²) in [6, 6.07) is 27.6. The molecule has 0 saturated carbocycles. The van der Waals surface area contributed by atoms with Crippen molar-refractivity contribution in [1.82, 2.24) is 0 Å². The van der Waals surface area contributed by atoms with Crippen LogP contribution < -0.4 is 0 Å². The third-order valence-electron chi connectivity index (χ3n) is 6.77. The molecule has 0 aromatic heterocycles. The average molecular weight is 308 g/mol. The Morgan fingerprint density at radius 2 is 0.792 bits per heavy atom. The van der Waals surface area contributed by atoms with Crippen LogP contribution in [0.15, 0.2) is 72.8 Å². The van der Waals surface area contributed by atoms with Crippen LogP contribution in [-0.2, 0) is 12.8 Å². The minimum absolute atomic E-state index is 0.584. The van der Waals surface area contributed by atoms with Gasteiger partial charge in [0, 0.05) is 11.8 Å². The van der Waals surface area contributed by atoms with Crippen LogP contribution in [0, 0.1) is 11.8 Å². The maximum Gasteiger partial charge on any atom is 0.0130 e. The molecule has 0 spiro atoms. The lowest BCUT2D eigenvalue weighted by Gasteiger charge is -2.53. The summed E-state index contributed by atoms with van der Waals surface area (Å²) in [6.07, 6.45) is 2.48. The molecule has 2 bridgehead atoms. The Kier molecular flexibility index (Phi) is 2.49. The Balaban J connectivity index is 1.61. The van der Waals surface area contributed by atoms with Gasteiger partial charge in [0.15, 0.2) is 0 Å². The zero-order chi connectivity index (χ0) is 15.7. The summed E-state index contributed by atoms with van der Waals surface area (Å²) in [4.78, 5) is 0. The van der Waals surface area contributed by atoms with Crippen molar-refractivity contribution in [2.24, 2.45) is 11.8 Å². The van der Waals surface area contributed by atoms with E-state index in [1.807, 2.05) is 0 Å². The Labute approximate surface area is 143 Å². The van der Waals surface area contributed by atoms with Gasteiger partial charge in [-0.3, -0.25) is 0 Å². The van der Waals surface area contributed by atoms with Crippen LogP contribution in [0.1, 0.15) is 45.2 Å². The molecule has 0 saturated heterocycles.